The Bertz CT molecular complexity index is 534. The quantitative estimate of drug-likeness (QED) is 0.516. The first-order chi connectivity index (χ1) is 12.3. The molecule has 9 nitrogen and oxygen atoms in total. The molecule has 156 valence electrons. The van der Waals surface area contributed by atoms with Crippen LogP contribution in [0.4, 0.5) is 9.59 Å². The van der Waals surface area contributed by atoms with E-state index in [0.717, 1.165) is 0 Å². The van der Waals surface area contributed by atoms with Crippen LogP contribution in [0, 0.1) is 0 Å². The first-order valence-corrected chi connectivity index (χ1v) is 9.05. The van der Waals surface area contributed by atoms with E-state index in [1.165, 1.54) is 5.06 Å². The van der Waals surface area contributed by atoms with Crippen molar-refractivity contribution in [2.45, 2.75) is 91.2 Å². The molecule has 1 heterocycles. The molecule has 1 aliphatic rings. The second-order valence-electron chi connectivity index (χ2n) is 8.19. The summed E-state index contributed by atoms with van der Waals surface area (Å²) in [6, 6.07) is -0.496. The second-order valence-corrected chi connectivity index (χ2v) is 8.19. The minimum atomic E-state index is -0.948. The molecule has 1 aliphatic heterocycles. The summed E-state index contributed by atoms with van der Waals surface area (Å²) < 4.78 is 20.5. The van der Waals surface area contributed by atoms with Crippen molar-refractivity contribution in [2.75, 3.05) is 6.61 Å². The molecule has 0 unspecified atom stereocenters. The number of hydrogen-bond donors (Lipinski definition) is 0. The molecule has 27 heavy (non-hydrogen) atoms. The predicted octanol–water partition coefficient (Wildman–Crippen LogP) is 3.55. The van der Waals surface area contributed by atoms with Gasteiger partial charge in [0.2, 0.25) is 0 Å². The number of carbonyl (C=O) groups is 3. The Morgan fingerprint density at radius 2 is 1.48 bits per heavy atom. The van der Waals surface area contributed by atoms with Gasteiger partial charge in [-0.25, -0.2) is 9.59 Å². The van der Waals surface area contributed by atoms with Gasteiger partial charge in [0.15, 0.2) is 6.23 Å². The molecule has 9 heteroatoms. The summed E-state index contributed by atoms with van der Waals surface area (Å²) in [7, 11) is 0. The fourth-order valence-electron chi connectivity index (χ4n) is 2.41. The second kappa shape index (κ2) is 9.25. The van der Waals surface area contributed by atoms with E-state index in [-0.39, 0.29) is 13.0 Å². The number of nitrogens with zero attached hydrogens (tertiary/aromatic N) is 1. The monoisotopic (exact) mass is 389 g/mol. The van der Waals surface area contributed by atoms with Crippen molar-refractivity contribution < 1.29 is 38.2 Å². The highest BCUT2D eigenvalue weighted by Gasteiger charge is 2.42. The van der Waals surface area contributed by atoms with Crippen molar-refractivity contribution in [3.8, 4) is 0 Å². The number of carbonyl (C=O) groups excluding carboxylic acids is 3. The van der Waals surface area contributed by atoms with E-state index in [1.54, 1.807) is 48.5 Å². The molecule has 0 aromatic rings. The molecule has 2 atom stereocenters. The first kappa shape index (κ1) is 23.0. The zero-order chi connectivity index (χ0) is 20.8. The summed E-state index contributed by atoms with van der Waals surface area (Å²) >= 11 is 0. The molecule has 0 aliphatic carbocycles. The predicted molar refractivity (Wildman–Crippen MR) is 94.5 cm³/mol. The Balaban J connectivity index is 2.82. The third kappa shape index (κ3) is 8.94. The minimum Gasteiger partial charge on any atom is -0.466 e. The van der Waals surface area contributed by atoms with Crippen molar-refractivity contribution in [3.63, 3.8) is 0 Å². The highest BCUT2D eigenvalue weighted by atomic mass is 16.8. The lowest BCUT2D eigenvalue weighted by molar-refractivity contribution is -0.223. The first-order valence-electron chi connectivity index (χ1n) is 9.05. The van der Waals surface area contributed by atoms with Gasteiger partial charge in [0.05, 0.1) is 19.1 Å². The van der Waals surface area contributed by atoms with Crippen LogP contribution in [0.5, 0.6) is 0 Å². The molecular weight excluding hydrogens is 358 g/mol. The zero-order valence-electron chi connectivity index (χ0n) is 17.2. The van der Waals surface area contributed by atoms with Gasteiger partial charge >= 0.3 is 18.3 Å². The molecule has 0 N–H and O–H groups in total. The molecular formula is C18H31NO8. The third-order valence-corrected chi connectivity index (χ3v) is 3.29. The van der Waals surface area contributed by atoms with Gasteiger partial charge in [0.25, 0.3) is 0 Å². The van der Waals surface area contributed by atoms with E-state index in [2.05, 4.69) is 0 Å². The van der Waals surface area contributed by atoms with Gasteiger partial charge in [-0.2, -0.15) is 0 Å². The van der Waals surface area contributed by atoms with Gasteiger partial charge in [-0.1, -0.05) is 5.06 Å². The average Bonchev–Trinajstić information content (AvgIpc) is 2.77. The summed E-state index contributed by atoms with van der Waals surface area (Å²) in [6.45, 7) is 12.2. The van der Waals surface area contributed by atoms with Crippen LogP contribution < -0.4 is 0 Å². The fourth-order valence-corrected chi connectivity index (χ4v) is 2.41. The van der Waals surface area contributed by atoms with Crippen LogP contribution in [0.15, 0.2) is 0 Å². The molecule has 0 bridgehead atoms. The minimum absolute atomic E-state index is 0.00911. The largest absolute Gasteiger partial charge is 0.528 e. The van der Waals surface area contributed by atoms with Crippen molar-refractivity contribution in [3.05, 3.63) is 0 Å². The molecule has 0 aromatic heterocycles. The van der Waals surface area contributed by atoms with Crippen LogP contribution in [0.1, 0.15) is 67.7 Å². The van der Waals surface area contributed by atoms with Crippen LogP contribution in [0.3, 0.4) is 0 Å². The van der Waals surface area contributed by atoms with E-state index >= 15 is 0 Å². The van der Waals surface area contributed by atoms with Crippen LogP contribution in [0.2, 0.25) is 0 Å². The summed E-state index contributed by atoms with van der Waals surface area (Å²) in [4.78, 5) is 41.1. The highest BCUT2D eigenvalue weighted by Crippen LogP contribution is 2.29. The zero-order valence-corrected chi connectivity index (χ0v) is 17.2. The molecule has 1 rings (SSSR count). The summed E-state index contributed by atoms with van der Waals surface area (Å²) in [5.74, 6) is -0.432. The van der Waals surface area contributed by atoms with Crippen molar-refractivity contribution >= 4 is 18.3 Å². The maximum absolute atomic E-state index is 12.1. The van der Waals surface area contributed by atoms with Crippen molar-refractivity contribution in [1.29, 1.82) is 0 Å². The fraction of sp³-hybridized carbons (Fsp3) is 0.833. The molecule has 1 saturated heterocycles. The van der Waals surface area contributed by atoms with Crippen molar-refractivity contribution in [2.24, 2.45) is 0 Å². The Morgan fingerprint density at radius 3 is 2.00 bits per heavy atom. The Morgan fingerprint density at radius 1 is 0.926 bits per heavy atom. The summed E-state index contributed by atoms with van der Waals surface area (Å²) in [6.07, 6.45) is -1.89. The SMILES string of the molecule is CCOC(=O)C[C@H]1CC[C@H](OC(=O)OC(C)(C)C)N1OC(=O)OC(C)(C)C. The third-order valence-electron chi connectivity index (χ3n) is 3.29. The van der Waals surface area contributed by atoms with E-state index in [0.29, 0.717) is 12.8 Å². The van der Waals surface area contributed by atoms with Crippen LogP contribution in [-0.2, 0) is 28.6 Å². The molecule has 0 spiro atoms. The Kier molecular flexibility index (Phi) is 7.89. The molecule has 0 amide bonds. The Hall–Kier alpha value is -2.03. The standard InChI is InChI=1S/C18H31NO8/c1-8-23-14(20)11-12-9-10-13(24-15(21)25-17(2,3)4)19(12)27-16(22)26-18(5,6)7/h12-13H,8-11H2,1-7H3/t12-,13+/m1/s1. The lowest BCUT2D eigenvalue weighted by Gasteiger charge is -2.29. The molecule has 1 fully saturated rings. The van der Waals surface area contributed by atoms with Crippen LogP contribution in [0.25, 0.3) is 0 Å². The maximum atomic E-state index is 12.1. The van der Waals surface area contributed by atoms with Crippen LogP contribution in [-0.4, -0.2) is 53.4 Å². The van der Waals surface area contributed by atoms with E-state index in [4.69, 9.17) is 23.8 Å². The number of hydrogen-bond acceptors (Lipinski definition) is 9. The highest BCUT2D eigenvalue weighted by molar-refractivity contribution is 5.70. The van der Waals surface area contributed by atoms with Crippen LogP contribution >= 0.6 is 0 Å². The van der Waals surface area contributed by atoms with E-state index < -0.39 is 41.8 Å². The molecule has 0 radical (unpaired) electrons. The number of hydroxylamine groups is 2. The number of rotatable bonds is 5. The van der Waals surface area contributed by atoms with Crippen molar-refractivity contribution in [1.82, 2.24) is 5.06 Å². The van der Waals surface area contributed by atoms with Gasteiger partial charge in [-0.15, -0.1) is 0 Å². The summed E-state index contributed by atoms with van der Waals surface area (Å²) in [5.41, 5.74) is -1.48. The molecule has 0 aromatic carbocycles. The number of esters is 1. The Labute approximate surface area is 160 Å². The lowest BCUT2D eigenvalue weighted by atomic mass is 10.1. The van der Waals surface area contributed by atoms with E-state index in [9.17, 15) is 14.4 Å². The number of ether oxygens (including phenoxy) is 4. The van der Waals surface area contributed by atoms with Gasteiger partial charge in [0, 0.05) is 6.42 Å². The van der Waals surface area contributed by atoms with Gasteiger partial charge in [-0.3, -0.25) is 4.79 Å². The van der Waals surface area contributed by atoms with E-state index in [1.807, 2.05) is 0 Å². The lowest BCUT2D eigenvalue weighted by Crippen LogP contribution is -2.43. The smallest absolute Gasteiger partial charge is 0.466 e. The topological polar surface area (TPSA) is 101 Å². The summed E-state index contributed by atoms with van der Waals surface area (Å²) in [5, 5.41) is 1.18. The van der Waals surface area contributed by atoms with Gasteiger partial charge < -0.3 is 23.8 Å². The normalized spacial score (nSPS) is 20.7. The van der Waals surface area contributed by atoms with Gasteiger partial charge in [-0.05, 0) is 54.9 Å². The molecule has 0 saturated carbocycles. The average molecular weight is 389 g/mol. The van der Waals surface area contributed by atoms with Gasteiger partial charge in [0.1, 0.15) is 11.2 Å². The maximum Gasteiger partial charge on any atom is 0.528 e.